The highest BCUT2D eigenvalue weighted by atomic mass is 16.5. The second-order valence-corrected chi connectivity index (χ2v) is 8.07. The highest BCUT2D eigenvalue weighted by Crippen LogP contribution is 2.31. The van der Waals surface area contributed by atoms with E-state index in [0.717, 1.165) is 44.8 Å². The zero-order chi connectivity index (χ0) is 22.0. The van der Waals surface area contributed by atoms with E-state index in [4.69, 9.17) is 4.74 Å². The minimum Gasteiger partial charge on any atom is -0.496 e. The van der Waals surface area contributed by atoms with E-state index in [1.54, 1.807) is 19.5 Å². The van der Waals surface area contributed by atoms with Crippen LogP contribution in [-0.2, 0) is 5.41 Å². The molecule has 154 valence electrons. The third-order valence-corrected chi connectivity index (χ3v) is 5.55. The molecule has 2 aromatic carbocycles. The predicted octanol–water partition coefficient (Wildman–Crippen LogP) is 5.72. The molecule has 0 N–H and O–H groups in total. The normalized spacial score (nSPS) is 11.2. The molecule has 0 bridgehead atoms. The maximum atomic E-state index is 9.50. The van der Waals surface area contributed by atoms with Crippen molar-refractivity contribution in [2.45, 2.75) is 26.2 Å². The fraction of sp³-hybridized carbons (Fsp3) is 0.192. The van der Waals surface area contributed by atoms with Crippen LogP contribution >= 0.6 is 0 Å². The summed E-state index contributed by atoms with van der Waals surface area (Å²) >= 11 is 0. The highest BCUT2D eigenvalue weighted by Gasteiger charge is 2.20. The van der Waals surface area contributed by atoms with Crippen molar-refractivity contribution in [1.29, 1.82) is 5.26 Å². The van der Waals surface area contributed by atoms with E-state index in [9.17, 15) is 5.26 Å². The first-order valence-electron chi connectivity index (χ1n) is 10.1. The zero-order valence-corrected chi connectivity index (χ0v) is 18.1. The Morgan fingerprint density at radius 3 is 2.58 bits per heavy atom. The standard InChI is InChI=1S/C26H24N4O/c1-18-8-9-20(19-6-5-7-22(12-19)26(2,3)17-27)13-24(18)30-16-21(14-29-30)23-15-28-11-10-25(23)31-4/h5-16H,1-4H3. The Morgan fingerprint density at radius 1 is 1.00 bits per heavy atom. The molecule has 0 radical (unpaired) electrons. The van der Waals surface area contributed by atoms with Crippen LogP contribution in [0.5, 0.6) is 5.75 Å². The fourth-order valence-corrected chi connectivity index (χ4v) is 3.56. The average molecular weight is 409 g/mol. The summed E-state index contributed by atoms with van der Waals surface area (Å²) in [6, 6.07) is 18.7. The number of aryl methyl sites for hydroxylation is 1. The van der Waals surface area contributed by atoms with Crippen molar-refractivity contribution in [2.75, 3.05) is 7.11 Å². The SMILES string of the molecule is COc1ccncc1-c1cnn(-c2cc(-c3cccc(C(C)(C)C#N)c3)ccc2C)c1. The summed E-state index contributed by atoms with van der Waals surface area (Å²) in [6.45, 7) is 5.94. The summed E-state index contributed by atoms with van der Waals surface area (Å²) in [5, 5.41) is 14.1. The Morgan fingerprint density at radius 2 is 1.81 bits per heavy atom. The van der Waals surface area contributed by atoms with E-state index in [-0.39, 0.29) is 0 Å². The molecule has 4 rings (SSSR count). The van der Waals surface area contributed by atoms with Crippen molar-refractivity contribution in [1.82, 2.24) is 14.8 Å². The summed E-state index contributed by atoms with van der Waals surface area (Å²) in [5.74, 6) is 0.761. The summed E-state index contributed by atoms with van der Waals surface area (Å²) in [5.41, 5.74) is 6.56. The van der Waals surface area contributed by atoms with E-state index in [2.05, 4.69) is 53.4 Å². The van der Waals surface area contributed by atoms with Gasteiger partial charge in [-0.2, -0.15) is 10.4 Å². The Balaban J connectivity index is 1.75. The lowest BCUT2D eigenvalue weighted by molar-refractivity contribution is 0.416. The van der Waals surface area contributed by atoms with Crippen molar-refractivity contribution < 1.29 is 4.74 Å². The van der Waals surface area contributed by atoms with E-state index in [1.165, 1.54) is 0 Å². The molecule has 2 aromatic heterocycles. The van der Waals surface area contributed by atoms with Crippen LogP contribution in [0.4, 0.5) is 0 Å². The van der Waals surface area contributed by atoms with Gasteiger partial charge in [0.15, 0.2) is 0 Å². The first-order chi connectivity index (χ1) is 14.9. The van der Waals surface area contributed by atoms with Gasteiger partial charge in [0.25, 0.3) is 0 Å². The van der Waals surface area contributed by atoms with Crippen molar-refractivity contribution in [2.24, 2.45) is 0 Å². The molecule has 0 fully saturated rings. The second-order valence-electron chi connectivity index (χ2n) is 8.07. The molecule has 5 heteroatoms. The molecule has 0 aliphatic heterocycles. The predicted molar refractivity (Wildman–Crippen MR) is 122 cm³/mol. The summed E-state index contributed by atoms with van der Waals surface area (Å²) in [6.07, 6.45) is 7.30. The molecular weight excluding hydrogens is 384 g/mol. The van der Waals surface area contributed by atoms with Crippen LogP contribution in [0.3, 0.4) is 0 Å². The van der Waals surface area contributed by atoms with Crippen LogP contribution in [0, 0.1) is 18.3 Å². The smallest absolute Gasteiger partial charge is 0.129 e. The number of ether oxygens (including phenoxy) is 1. The van der Waals surface area contributed by atoms with E-state index >= 15 is 0 Å². The van der Waals surface area contributed by atoms with Gasteiger partial charge in [-0.25, -0.2) is 4.68 Å². The molecule has 0 saturated carbocycles. The second kappa shape index (κ2) is 8.08. The number of hydrogen-bond acceptors (Lipinski definition) is 4. The molecule has 0 amide bonds. The first kappa shape index (κ1) is 20.4. The van der Waals surface area contributed by atoms with Gasteiger partial charge in [-0.1, -0.05) is 30.3 Å². The van der Waals surface area contributed by atoms with Gasteiger partial charge in [0.2, 0.25) is 0 Å². The van der Waals surface area contributed by atoms with Crippen LogP contribution < -0.4 is 4.74 Å². The summed E-state index contributed by atoms with van der Waals surface area (Å²) in [7, 11) is 1.65. The van der Waals surface area contributed by atoms with Gasteiger partial charge in [-0.3, -0.25) is 4.98 Å². The summed E-state index contributed by atoms with van der Waals surface area (Å²) in [4.78, 5) is 4.22. The molecule has 0 aliphatic rings. The molecule has 4 aromatic rings. The lowest BCUT2D eigenvalue weighted by Gasteiger charge is -2.17. The fourth-order valence-electron chi connectivity index (χ4n) is 3.56. The Labute approximate surface area is 182 Å². The molecule has 2 heterocycles. The van der Waals surface area contributed by atoms with E-state index in [0.29, 0.717) is 0 Å². The van der Waals surface area contributed by atoms with Gasteiger partial charge in [-0.15, -0.1) is 0 Å². The van der Waals surface area contributed by atoms with Crippen molar-refractivity contribution in [3.63, 3.8) is 0 Å². The van der Waals surface area contributed by atoms with Gasteiger partial charge < -0.3 is 4.74 Å². The van der Waals surface area contributed by atoms with Crippen molar-refractivity contribution >= 4 is 0 Å². The number of methoxy groups -OCH3 is 1. The number of aromatic nitrogens is 3. The Kier molecular flexibility index (Phi) is 5.31. The molecule has 5 nitrogen and oxygen atoms in total. The largest absolute Gasteiger partial charge is 0.496 e. The van der Waals surface area contributed by atoms with Gasteiger partial charge in [-0.05, 0) is 61.2 Å². The van der Waals surface area contributed by atoms with Crippen LogP contribution in [0.1, 0.15) is 25.0 Å². The monoisotopic (exact) mass is 408 g/mol. The van der Waals surface area contributed by atoms with Crippen LogP contribution in [-0.4, -0.2) is 21.9 Å². The van der Waals surface area contributed by atoms with Crippen molar-refractivity contribution in [3.05, 3.63) is 84.4 Å². The molecule has 0 spiro atoms. The number of nitrogens with zero attached hydrogens (tertiary/aromatic N) is 4. The minimum atomic E-state index is -0.538. The van der Waals surface area contributed by atoms with Crippen LogP contribution in [0.2, 0.25) is 0 Å². The van der Waals surface area contributed by atoms with E-state index in [1.807, 2.05) is 49.1 Å². The quantitative estimate of drug-likeness (QED) is 0.424. The van der Waals surface area contributed by atoms with Gasteiger partial charge in [0.1, 0.15) is 5.75 Å². The zero-order valence-electron chi connectivity index (χ0n) is 18.1. The topological polar surface area (TPSA) is 63.7 Å². The number of pyridine rings is 1. The lowest BCUT2D eigenvalue weighted by atomic mass is 9.85. The molecule has 0 atom stereocenters. The van der Waals surface area contributed by atoms with Gasteiger partial charge in [0, 0.05) is 29.7 Å². The van der Waals surface area contributed by atoms with Crippen LogP contribution in [0.25, 0.3) is 27.9 Å². The van der Waals surface area contributed by atoms with E-state index < -0.39 is 5.41 Å². The Bertz CT molecular complexity index is 1280. The number of nitriles is 1. The maximum absolute atomic E-state index is 9.50. The molecule has 31 heavy (non-hydrogen) atoms. The van der Waals surface area contributed by atoms with Gasteiger partial charge in [0.05, 0.1) is 30.5 Å². The number of hydrogen-bond donors (Lipinski definition) is 0. The molecule has 0 aliphatic carbocycles. The molecule has 0 saturated heterocycles. The maximum Gasteiger partial charge on any atom is 0.129 e. The first-order valence-corrected chi connectivity index (χ1v) is 10.1. The third kappa shape index (κ3) is 3.93. The molecular formula is C26H24N4O. The minimum absolute atomic E-state index is 0.538. The third-order valence-electron chi connectivity index (χ3n) is 5.55. The summed E-state index contributed by atoms with van der Waals surface area (Å²) < 4.78 is 7.34. The Hall–Kier alpha value is -3.91. The number of benzene rings is 2. The lowest BCUT2D eigenvalue weighted by Crippen LogP contribution is -2.13. The highest BCUT2D eigenvalue weighted by molar-refractivity contribution is 5.70. The van der Waals surface area contributed by atoms with Gasteiger partial charge >= 0.3 is 0 Å². The average Bonchev–Trinajstić information content (AvgIpc) is 3.29. The molecule has 0 unspecified atom stereocenters. The van der Waals surface area contributed by atoms with Crippen molar-refractivity contribution in [3.8, 4) is 39.8 Å². The van der Waals surface area contributed by atoms with Crippen LogP contribution in [0.15, 0.2) is 73.3 Å². The number of rotatable bonds is 5.